The van der Waals surface area contributed by atoms with E-state index in [0.717, 1.165) is 38.5 Å². The van der Waals surface area contributed by atoms with Gasteiger partial charge in [-0.25, -0.2) is 4.79 Å². The number of hydrogen-bond acceptors (Lipinski definition) is 6. The lowest BCUT2D eigenvalue weighted by Crippen LogP contribution is -2.46. The summed E-state index contributed by atoms with van der Waals surface area (Å²) >= 11 is 0. The first-order chi connectivity index (χ1) is 18.7. The molecule has 8 heteroatoms. The van der Waals surface area contributed by atoms with Crippen LogP contribution in [0, 0.1) is 17.3 Å². The summed E-state index contributed by atoms with van der Waals surface area (Å²) in [5, 5.41) is 11.2. The Morgan fingerprint density at radius 2 is 1.79 bits per heavy atom. The molecule has 5 atom stereocenters. The van der Waals surface area contributed by atoms with Crippen LogP contribution in [0.4, 0.5) is 0 Å². The molecule has 3 aliphatic carbocycles. The predicted molar refractivity (Wildman–Crippen MR) is 142 cm³/mol. The Morgan fingerprint density at radius 1 is 1.00 bits per heavy atom. The Labute approximate surface area is 228 Å². The minimum absolute atomic E-state index is 0.104. The second kappa shape index (κ2) is 11.2. The van der Waals surface area contributed by atoms with Crippen LogP contribution in [0.2, 0.25) is 0 Å². The van der Waals surface area contributed by atoms with Gasteiger partial charge in [0.05, 0.1) is 12.0 Å². The number of rotatable bonds is 8. The maximum atomic E-state index is 12.5. The first-order valence-corrected chi connectivity index (χ1v) is 13.8. The van der Waals surface area contributed by atoms with Crippen molar-refractivity contribution in [1.82, 2.24) is 5.32 Å². The standard InChI is InChI=1S/C31H35NO7/c1-31-16-15-23-22-10-8-21(38-30(37)19-5-3-2-4-6-19)17-20(22)7-9-24(23)25(31)11-12-26(31)39-29(36)18-32-27(33)13-14-28(34)35/h2-6,8,10,17,23-26H,7,9,11-16,18H2,1H3,(H,32,33)(H,34,35)/t23?,24?,25?,26?,31-/m1/s1. The number of benzene rings is 2. The van der Waals surface area contributed by atoms with Crippen molar-refractivity contribution in [2.24, 2.45) is 17.3 Å². The fourth-order valence-electron chi connectivity index (χ4n) is 7.19. The van der Waals surface area contributed by atoms with E-state index in [0.29, 0.717) is 29.1 Å². The average molecular weight is 534 g/mol. The number of amides is 1. The van der Waals surface area contributed by atoms with E-state index in [-0.39, 0.29) is 36.9 Å². The minimum Gasteiger partial charge on any atom is -0.481 e. The molecule has 39 heavy (non-hydrogen) atoms. The largest absolute Gasteiger partial charge is 0.481 e. The number of hydrogen-bond donors (Lipinski definition) is 2. The Balaban J connectivity index is 1.20. The zero-order chi connectivity index (χ0) is 27.6. The number of carbonyl (C=O) groups is 4. The average Bonchev–Trinajstić information content (AvgIpc) is 3.26. The van der Waals surface area contributed by atoms with E-state index in [1.807, 2.05) is 30.3 Å². The SMILES string of the molecule is C[C@@]12CCC3c4ccc(OC(=O)c5ccccc5)cc4CCC3C1CCC2OC(=O)CNC(=O)CCC(=O)O. The van der Waals surface area contributed by atoms with Crippen LogP contribution in [0.1, 0.15) is 79.3 Å². The second-order valence-electron chi connectivity index (χ2n) is 11.3. The highest BCUT2D eigenvalue weighted by molar-refractivity contribution is 5.91. The molecule has 4 unspecified atom stereocenters. The van der Waals surface area contributed by atoms with Crippen molar-refractivity contribution in [2.45, 2.75) is 70.3 Å². The van der Waals surface area contributed by atoms with E-state index in [2.05, 4.69) is 18.3 Å². The summed E-state index contributed by atoms with van der Waals surface area (Å²) in [6.07, 6.45) is 5.13. The number of fused-ring (bicyclic) bond motifs is 5. The van der Waals surface area contributed by atoms with Gasteiger partial charge in [-0.2, -0.15) is 0 Å². The molecule has 3 aliphatic rings. The molecule has 0 aromatic heterocycles. The molecule has 8 nitrogen and oxygen atoms in total. The van der Waals surface area contributed by atoms with Crippen LogP contribution in [-0.2, 0) is 25.5 Å². The third-order valence-corrected chi connectivity index (χ3v) is 9.10. The van der Waals surface area contributed by atoms with Gasteiger partial charge in [0, 0.05) is 11.8 Å². The van der Waals surface area contributed by atoms with Gasteiger partial charge in [-0.15, -0.1) is 0 Å². The van der Waals surface area contributed by atoms with E-state index < -0.39 is 17.8 Å². The molecule has 206 valence electrons. The lowest BCUT2D eigenvalue weighted by molar-refractivity contribution is -0.157. The van der Waals surface area contributed by atoms with Crippen LogP contribution in [0.25, 0.3) is 0 Å². The van der Waals surface area contributed by atoms with Crippen LogP contribution >= 0.6 is 0 Å². The number of aliphatic carboxylic acids is 1. The molecular formula is C31H35NO7. The highest BCUT2D eigenvalue weighted by Crippen LogP contribution is 2.61. The van der Waals surface area contributed by atoms with Crippen LogP contribution in [-0.4, -0.2) is 41.6 Å². The Bertz CT molecular complexity index is 1260. The van der Waals surface area contributed by atoms with Crippen molar-refractivity contribution in [3.8, 4) is 5.75 Å². The molecule has 2 aromatic rings. The fourth-order valence-corrected chi connectivity index (χ4v) is 7.19. The smallest absolute Gasteiger partial charge is 0.343 e. The predicted octanol–water partition coefficient (Wildman–Crippen LogP) is 4.65. The van der Waals surface area contributed by atoms with E-state index in [4.69, 9.17) is 14.6 Å². The number of carboxylic acids is 1. The van der Waals surface area contributed by atoms with Gasteiger partial charge >= 0.3 is 17.9 Å². The zero-order valence-corrected chi connectivity index (χ0v) is 22.2. The molecular weight excluding hydrogens is 498 g/mol. The van der Waals surface area contributed by atoms with Gasteiger partial charge in [-0.3, -0.25) is 14.4 Å². The fraction of sp³-hybridized carbons (Fsp3) is 0.484. The van der Waals surface area contributed by atoms with Crippen molar-refractivity contribution in [1.29, 1.82) is 0 Å². The molecule has 2 N–H and O–H groups in total. The first kappa shape index (κ1) is 26.9. The van der Waals surface area contributed by atoms with Gasteiger partial charge in [0.1, 0.15) is 18.4 Å². The quantitative estimate of drug-likeness (QED) is 0.374. The molecule has 2 saturated carbocycles. The molecule has 0 bridgehead atoms. The van der Waals surface area contributed by atoms with Crippen LogP contribution < -0.4 is 10.1 Å². The lowest BCUT2D eigenvalue weighted by atomic mass is 9.55. The number of aryl methyl sites for hydroxylation is 1. The van der Waals surface area contributed by atoms with Crippen LogP contribution in [0.3, 0.4) is 0 Å². The van der Waals surface area contributed by atoms with E-state index in [1.165, 1.54) is 11.1 Å². The molecule has 0 aliphatic heterocycles. The summed E-state index contributed by atoms with van der Waals surface area (Å²) in [7, 11) is 0. The summed E-state index contributed by atoms with van der Waals surface area (Å²) in [4.78, 5) is 47.4. The number of esters is 2. The summed E-state index contributed by atoms with van der Waals surface area (Å²) in [5.41, 5.74) is 3.02. The third kappa shape index (κ3) is 5.70. The van der Waals surface area contributed by atoms with Crippen molar-refractivity contribution in [2.75, 3.05) is 6.54 Å². The maximum absolute atomic E-state index is 12.5. The second-order valence-corrected chi connectivity index (χ2v) is 11.3. The number of ether oxygens (including phenoxy) is 2. The van der Waals surface area contributed by atoms with E-state index >= 15 is 0 Å². The summed E-state index contributed by atoms with van der Waals surface area (Å²) in [5.74, 6) is -0.382. The summed E-state index contributed by atoms with van der Waals surface area (Å²) in [6.45, 7) is 2.00. The molecule has 0 radical (unpaired) electrons. The van der Waals surface area contributed by atoms with Gasteiger partial charge < -0.3 is 19.9 Å². The minimum atomic E-state index is -1.05. The molecule has 5 rings (SSSR count). The maximum Gasteiger partial charge on any atom is 0.343 e. The van der Waals surface area contributed by atoms with Crippen molar-refractivity contribution >= 4 is 23.8 Å². The molecule has 2 aromatic carbocycles. The molecule has 1 amide bonds. The molecule has 2 fully saturated rings. The summed E-state index contributed by atoms with van der Waals surface area (Å²) < 4.78 is 11.5. The first-order valence-electron chi connectivity index (χ1n) is 13.8. The van der Waals surface area contributed by atoms with Crippen LogP contribution in [0.5, 0.6) is 5.75 Å². The van der Waals surface area contributed by atoms with Crippen molar-refractivity contribution < 1.29 is 33.8 Å². The van der Waals surface area contributed by atoms with E-state index in [9.17, 15) is 19.2 Å². The summed E-state index contributed by atoms with van der Waals surface area (Å²) in [6, 6.07) is 15.0. The Hall–Kier alpha value is -3.68. The highest BCUT2D eigenvalue weighted by atomic mass is 16.5. The van der Waals surface area contributed by atoms with Crippen molar-refractivity contribution in [3.63, 3.8) is 0 Å². The molecule has 0 saturated heterocycles. The number of carbonyl (C=O) groups excluding carboxylic acids is 3. The van der Waals surface area contributed by atoms with Gasteiger partial charge in [0.15, 0.2) is 0 Å². The zero-order valence-electron chi connectivity index (χ0n) is 22.2. The van der Waals surface area contributed by atoms with Gasteiger partial charge in [-0.1, -0.05) is 31.2 Å². The Kier molecular flexibility index (Phi) is 7.73. The van der Waals surface area contributed by atoms with Crippen LogP contribution in [0.15, 0.2) is 48.5 Å². The van der Waals surface area contributed by atoms with Gasteiger partial charge in [-0.05, 0) is 91.7 Å². The van der Waals surface area contributed by atoms with Gasteiger partial charge in [0.2, 0.25) is 5.91 Å². The number of carboxylic acid groups (broad SMARTS) is 1. The molecule has 0 heterocycles. The highest BCUT2D eigenvalue weighted by Gasteiger charge is 2.56. The van der Waals surface area contributed by atoms with Crippen molar-refractivity contribution in [3.05, 3.63) is 65.2 Å². The van der Waals surface area contributed by atoms with E-state index in [1.54, 1.807) is 12.1 Å². The molecule has 0 spiro atoms. The monoisotopic (exact) mass is 533 g/mol. The lowest BCUT2D eigenvalue weighted by Gasteiger charge is -2.50. The Morgan fingerprint density at radius 3 is 2.56 bits per heavy atom. The van der Waals surface area contributed by atoms with Gasteiger partial charge in [0.25, 0.3) is 0 Å². The normalized spacial score (nSPS) is 26.9. The number of nitrogens with one attached hydrogen (secondary N) is 1. The third-order valence-electron chi connectivity index (χ3n) is 9.10. The topological polar surface area (TPSA) is 119 Å².